The van der Waals surface area contributed by atoms with Crippen LogP contribution in [0.1, 0.15) is 37.7 Å². The molecule has 2 aromatic rings. The third kappa shape index (κ3) is 4.76. The third-order valence-electron chi connectivity index (χ3n) is 6.35. The van der Waals surface area contributed by atoms with Gasteiger partial charge in [-0.3, -0.25) is 4.79 Å². The van der Waals surface area contributed by atoms with Gasteiger partial charge in [-0.1, -0.05) is 54.6 Å². The molecule has 1 unspecified atom stereocenters. The fourth-order valence-electron chi connectivity index (χ4n) is 4.58. The Morgan fingerprint density at radius 2 is 1.69 bits per heavy atom. The number of likely N-dealkylation sites (tertiary alicyclic amines) is 1. The van der Waals surface area contributed by atoms with Gasteiger partial charge in [-0.2, -0.15) is 0 Å². The lowest BCUT2D eigenvalue weighted by Gasteiger charge is -2.31. The monoisotopic (exact) mass is 391 g/mol. The van der Waals surface area contributed by atoms with Gasteiger partial charge in [0.1, 0.15) is 6.29 Å². The van der Waals surface area contributed by atoms with Crippen molar-refractivity contribution in [2.24, 2.45) is 11.8 Å². The van der Waals surface area contributed by atoms with Gasteiger partial charge < -0.3 is 14.4 Å². The number of carbonyl (C=O) groups is 2. The van der Waals surface area contributed by atoms with Crippen molar-refractivity contribution in [3.8, 4) is 11.1 Å². The van der Waals surface area contributed by atoms with Crippen LogP contribution in [-0.4, -0.2) is 36.3 Å². The maximum absolute atomic E-state index is 12.8. The number of aldehydes is 1. The summed E-state index contributed by atoms with van der Waals surface area (Å²) < 4.78 is 6.24. The Morgan fingerprint density at radius 1 is 0.966 bits per heavy atom. The molecule has 0 N–H and O–H groups in total. The van der Waals surface area contributed by atoms with E-state index in [0.29, 0.717) is 19.7 Å². The van der Waals surface area contributed by atoms with Crippen molar-refractivity contribution in [2.75, 3.05) is 13.1 Å². The van der Waals surface area contributed by atoms with Gasteiger partial charge in [0.05, 0.1) is 12.7 Å². The zero-order chi connectivity index (χ0) is 20.1. The minimum absolute atomic E-state index is 0.0668. The van der Waals surface area contributed by atoms with Crippen molar-refractivity contribution in [1.82, 2.24) is 4.90 Å². The van der Waals surface area contributed by atoms with Gasteiger partial charge in [-0.25, -0.2) is 0 Å². The summed E-state index contributed by atoms with van der Waals surface area (Å²) in [6, 6.07) is 18.7. The fourth-order valence-corrected chi connectivity index (χ4v) is 4.58. The molecule has 1 heterocycles. The lowest BCUT2D eigenvalue weighted by atomic mass is 9.96. The number of amides is 1. The molecule has 1 aliphatic heterocycles. The Kier molecular flexibility index (Phi) is 6.40. The highest BCUT2D eigenvalue weighted by Gasteiger charge is 2.34. The second kappa shape index (κ2) is 9.36. The molecule has 4 nitrogen and oxygen atoms in total. The minimum Gasteiger partial charge on any atom is -0.373 e. The third-order valence-corrected chi connectivity index (χ3v) is 6.35. The largest absolute Gasteiger partial charge is 0.373 e. The van der Waals surface area contributed by atoms with Gasteiger partial charge in [-0.15, -0.1) is 0 Å². The molecule has 1 saturated carbocycles. The second-order valence-electron chi connectivity index (χ2n) is 8.26. The summed E-state index contributed by atoms with van der Waals surface area (Å²) >= 11 is 0. The van der Waals surface area contributed by atoms with Crippen molar-refractivity contribution in [1.29, 1.82) is 0 Å². The normalized spacial score (nSPS) is 22.6. The van der Waals surface area contributed by atoms with Gasteiger partial charge >= 0.3 is 0 Å². The zero-order valence-corrected chi connectivity index (χ0v) is 16.8. The first kappa shape index (κ1) is 19.8. The molecule has 0 aromatic heterocycles. The molecule has 2 aliphatic rings. The Balaban J connectivity index is 1.31. The number of nitrogens with zero attached hydrogens (tertiary/aromatic N) is 1. The molecular weight excluding hydrogens is 362 g/mol. The van der Waals surface area contributed by atoms with Crippen LogP contribution in [0, 0.1) is 11.8 Å². The molecule has 1 amide bonds. The lowest BCUT2D eigenvalue weighted by Crippen LogP contribution is -2.41. The highest BCUT2D eigenvalue weighted by molar-refractivity contribution is 5.79. The SMILES string of the molecule is O=CC1CCN(C(=O)[C@H]2CCC(OCc3ccccc3-c3ccccc3)C2)CC1. The first-order chi connectivity index (χ1) is 14.2. The van der Waals surface area contributed by atoms with E-state index in [1.54, 1.807) is 0 Å². The lowest BCUT2D eigenvalue weighted by molar-refractivity contribution is -0.137. The first-order valence-corrected chi connectivity index (χ1v) is 10.7. The van der Waals surface area contributed by atoms with Crippen LogP contribution < -0.4 is 0 Å². The van der Waals surface area contributed by atoms with Gasteiger partial charge in [0.2, 0.25) is 5.91 Å². The molecule has 2 atom stereocenters. The highest BCUT2D eigenvalue weighted by atomic mass is 16.5. The summed E-state index contributed by atoms with van der Waals surface area (Å²) in [5, 5.41) is 0. The van der Waals surface area contributed by atoms with Gasteiger partial charge in [0.15, 0.2) is 0 Å². The van der Waals surface area contributed by atoms with Crippen molar-refractivity contribution < 1.29 is 14.3 Å². The van der Waals surface area contributed by atoms with Crippen LogP contribution in [0.3, 0.4) is 0 Å². The smallest absolute Gasteiger partial charge is 0.225 e. The Bertz CT molecular complexity index is 827. The number of hydrogen-bond acceptors (Lipinski definition) is 3. The maximum atomic E-state index is 12.8. The summed E-state index contributed by atoms with van der Waals surface area (Å²) in [4.78, 5) is 25.7. The van der Waals surface area contributed by atoms with Gasteiger partial charge in [0.25, 0.3) is 0 Å². The average molecular weight is 392 g/mol. The number of ether oxygens (including phenoxy) is 1. The summed E-state index contributed by atoms with van der Waals surface area (Å²) in [6.45, 7) is 2.00. The van der Waals surface area contributed by atoms with E-state index in [-0.39, 0.29) is 23.8 Å². The fraction of sp³-hybridized carbons (Fsp3) is 0.440. The van der Waals surface area contributed by atoms with Crippen molar-refractivity contribution in [2.45, 2.75) is 44.8 Å². The average Bonchev–Trinajstić information content (AvgIpc) is 3.27. The van der Waals surface area contributed by atoms with Crippen molar-refractivity contribution >= 4 is 12.2 Å². The van der Waals surface area contributed by atoms with E-state index < -0.39 is 0 Å². The van der Waals surface area contributed by atoms with E-state index in [4.69, 9.17) is 4.74 Å². The van der Waals surface area contributed by atoms with Crippen LogP contribution in [0.2, 0.25) is 0 Å². The summed E-state index contributed by atoms with van der Waals surface area (Å²) in [7, 11) is 0. The quantitative estimate of drug-likeness (QED) is 0.682. The summed E-state index contributed by atoms with van der Waals surface area (Å²) in [5.74, 6) is 0.450. The van der Waals surface area contributed by atoms with E-state index in [2.05, 4.69) is 48.5 Å². The van der Waals surface area contributed by atoms with E-state index in [0.717, 1.165) is 38.4 Å². The van der Waals surface area contributed by atoms with Crippen molar-refractivity contribution in [3.63, 3.8) is 0 Å². The molecule has 29 heavy (non-hydrogen) atoms. The Morgan fingerprint density at radius 3 is 2.45 bits per heavy atom. The molecular formula is C25H29NO3. The van der Waals surface area contributed by atoms with Gasteiger partial charge in [0, 0.05) is 24.9 Å². The summed E-state index contributed by atoms with van der Waals surface area (Å²) in [6.07, 6.45) is 5.43. The predicted molar refractivity (Wildman–Crippen MR) is 113 cm³/mol. The number of piperidine rings is 1. The molecule has 152 valence electrons. The van der Waals surface area contributed by atoms with Crippen LogP contribution in [0.25, 0.3) is 11.1 Å². The molecule has 2 aromatic carbocycles. The standard InChI is InChI=1S/C25H29NO3/c27-17-19-12-14-26(15-13-19)25(28)21-10-11-23(16-21)29-18-22-8-4-5-9-24(22)20-6-2-1-3-7-20/h1-9,17,19,21,23H,10-16,18H2/t21-,23?/m0/s1. The van der Waals surface area contributed by atoms with E-state index in [1.165, 1.54) is 16.7 Å². The minimum atomic E-state index is 0.0668. The highest BCUT2D eigenvalue weighted by Crippen LogP contribution is 2.32. The van der Waals surface area contributed by atoms with E-state index >= 15 is 0 Å². The molecule has 2 fully saturated rings. The van der Waals surface area contributed by atoms with E-state index in [1.807, 2.05) is 11.0 Å². The Hall–Kier alpha value is -2.46. The van der Waals surface area contributed by atoms with Crippen LogP contribution in [0.15, 0.2) is 54.6 Å². The predicted octanol–water partition coefficient (Wildman–Crippen LogP) is 4.48. The molecule has 0 radical (unpaired) electrons. The molecule has 1 saturated heterocycles. The van der Waals surface area contributed by atoms with Crippen LogP contribution in [-0.2, 0) is 20.9 Å². The topological polar surface area (TPSA) is 46.6 Å². The molecule has 4 heteroatoms. The second-order valence-corrected chi connectivity index (χ2v) is 8.26. The van der Waals surface area contributed by atoms with E-state index in [9.17, 15) is 9.59 Å². The first-order valence-electron chi connectivity index (χ1n) is 10.7. The molecule has 0 bridgehead atoms. The zero-order valence-electron chi connectivity index (χ0n) is 16.8. The Labute approximate surface area is 172 Å². The number of benzene rings is 2. The van der Waals surface area contributed by atoms with Crippen molar-refractivity contribution in [3.05, 3.63) is 60.2 Å². The molecule has 4 rings (SSSR count). The van der Waals surface area contributed by atoms with Gasteiger partial charge in [-0.05, 0) is 48.8 Å². The molecule has 0 spiro atoms. The summed E-state index contributed by atoms with van der Waals surface area (Å²) in [5.41, 5.74) is 3.59. The van der Waals surface area contributed by atoms with Crippen LogP contribution in [0.5, 0.6) is 0 Å². The number of hydrogen-bond donors (Lipinski definition) is 0. The van der Waals surface area contributed by atoms with Crippen LogP contribution >= 0.6 is 0 Å². The molecule has 1 aliphatic carbocycles. The maximum Gasteiger partial charge on any atom is 0.225 e. The number of rotatable bonds is 6. The number of carbonyl (C=O) groups excluding carboxylic acids is 2. The van der Waals surface area contributed by atoms with Crippen LogP contribution in [0.4, 0.5) is 0 Å².